The summed E-state index contributed by atoms with van der Waals surface area (Å²) in [7, 11) is 0. The fourth-order valence-electron chi connectivity index (χ4n) is 2.69. The zero-order chi connectivity index (χ0) is 17.3. The largest absolute Gasteiger partial charge is 0.507 e. The fraction of sp³-hybridized carbons (Fsp3) is 0.684. The highest BCUT2D eigenvalue weighted by atomic mass is 16.3. The van der Waals surface area contributed by atoms with Gasteiger partial charge in [0.25, 0.3) is 0 Å². The summed E-state index contributed by atoms with van der Waals surface area (Å²) < 4.78 is 0. The Morgan fingerprint density at radius 2 is 1.41 bits per heavy atom. The van der Waals surface area contributed by atoms with E-state index in [1.165, 1.54) is 0 Å². The Labute approximate surface area is 135 Å². The first-order chi connectivity index (χ1) is 9.89. The van der Waals surface area contributed by atoms with Crippen molar-refractivity contribution in [2.75, 3.05) is 0 Å². The second-order valence-electron chi connectivity index (χ2n) is 8.35. The van der Waals surface area contributed by atoms with Crippen LogP contribution in [0.3, 0.4) is 0 Å². The summed E-state index contributed by atoms with van der Waals surface area (Å²) >= 11 is 0. The molecule has 0 aliphatic heterocycles. The Hall–Kier alpha value is -1.06. The molecule has 0 saturated heterocycles. The van der Waals surface area contributed by atoms with Gasteiger partial charge in [-0.1, -0.05) is 54.9 Å². The van der Waals surface area contributed by atoms with Crippen molar-refractivity contribution in [3.8, 4) is 5.75 Å². The van der Waals surface area contributed by atoms with Crippen molar-refractivity contribution in [3.05, 3.63) is 28.8 Å². The molecule has 0 bridgehead atoms. The monoisotopic (exact) mass is 307 g/mol. The van der Waals surface area contributed by atoms with E-state index in [1.807, 2.05) is 19.1 Å². The van der Waals surface area contributed by atoms with Crippen LogP contribution in [0.5, 0.6) is 5.75 Å². The molecule has 0 amide bonds. The van der Waals surface area contributed by atoms with Gasteiger partial charge in [0, 0.05) is 0 Å². The second-order valence-corrected chi connectivity index (χ2v) is 8.35. The molecule has 0 saturated carbocycles. The minimum Gasteiger partial charge on any atom is -0.507 e. The third-order valence-corrected chi connectivity index (χ3v) is 4.13. The summed E-state index contributed by atoms with van der Waals surface area (Å²) in [4.78, 5) is 0. The SMILES string of the molecule is CCC[C@@H](O)[C@@H](N)c1cc(C(C)(C)C)c(O)c(C(C)(C)C)c1. The summed E-state index contributed by atoms with van der Waals surface area (Å²) in [5.74, 6) is 0.348. The lowest BCUT2D eigenvalue weighted by Gasteiger charge is -2.30. The molecule has 0 spiro atoms. The van der Waals surface area contributed by atoms with E-state index in [2.05, 4.69) is 41.5 Å². The number of nitrogens with two attached hydrogens (primary N) is 1. The lowest BCUT2D eigenvalue weighted by molar-refractivity contribution is 0.134. The van der Waals surface area contributed by atoms with Gasteiger partial charge < -0.3 is 15.9 Å². The molecule has 126 valence electrons. The molecule has 3 heteroatoms. The quantitative estimate of drug-likeness (QED) is 0.783. The highest BCUT2D eigenvalue weighted by Crippen LogP contribution is 2.41. The van der Waals surface area contributed by atoms with Crippen molar-refractivity contribution in [1.82, 2.24) is 0 Å². The van der Waals surface area contributed by atoms with Gasteiger partial charge in [0.15, 0.2) is 0 Å². The zero-order valence-electron chi connectivity index (χ0n) is 15.2. The number of phenolic OH excluding ortho intramolecular Hbond substituents is 1. The van der Waals surface area contributed by atoms with Crippen molar-refractivity contribution in [3.63, 3.8) is 0 Å². The molecule has 0 aliphatic rings. The minimum absolute atomic E-state index is 0.185. The van der Waals surface area contributed by atoms with Crippen molar-refractivity contribution in [2.24, 2.45) is 5.73 Å². The van der Waals surface area contributed by atoms with Gasteiger partial charge in [-0.2, -0.15) is 0 Å². The molecular formula is C19H33NO2. The number of aliphatic hydroxyl groups excluding tert-OH is 1. The smallest absolute Gasteiger partial charge is 0.123 e. The Morgan fingerprint density at radius 1 is 1.00 bits per heavy atom. The third kappa shape index (κ3) is 4.23. The van der Waals surface area contributed by atoms with Crippen LogP contribution in [0.1, 0.15) is 84.0 Å². The number of hydrogen-bond donors (Lipinski definition) is 3. The number of aliphatic hydroxyl groups is 1. The number of aromatic hydroxyl groups is 1. The minimum atomic E-state index is -0.560. The number of hydrogen-bond acceptors (Lipinski definition) is 3. The molecule has 4 N–H and O–H groups in total. The van der Waals surface area contributed by atoms with E-state index in [0.717, 1.165) is 23.1 Å². The molecule has 0 radical (unpaired) electrons. The molecule has 0 heterocycles. The predicted octanol–water partition coefficient (Wildman–Crippen LogP) is 4.15. The standard InChI is InChI=1S/C19H33NO2/c1-8-9-15(21)16(20)12-10-13(18(2,3)4)17(22)14(11-12)19(5,6)7/h10-11,15-16,21-22H,8-9,20H2,1-7H3/t15-,16+/m1/s1. The molecular weight excluding hydrogens is 274 g/mol. The first kappa shape index (κ1) is 19.0. The summed E-state index contributed by atoms with van der Waals surface area (Å²) in [6, 6.07) is 3.48. The number of rotatable bonds is 4. The molecule has 0 unspecified atom stereocenters. The Kier molecular flexibility index (Phi) is 5.69. The molecule has 3 nitrogen and oxygen atoms in total. The van der Waals surface area contributed by atoms with E-state index in [0.29, 0.717) is 12.2 Å². The molecule has 0 fully saturated rings. The van der Waals surface area contributed by atoms with Gasteiger partial charge in [-0.25, -0.2) is 0 Å². The van der Waals surface area contributed by atoms with Gasteiger partial charge in [-0.3, -0.25) is 0 Å². The van der Waals surface area contributed by atoms with Crippen molar-refractivity contribution in [2.45, 2.75) is 84.3 Å². The number of benzene rings is 1. The Balaban J connectivity index is 3.48. The summed E-state index contributed by atoms with van der Waals surface area (Å²) in [6.07, 6.45) is 1.01. The predicted molar refractivity (Wildman–Crippen MR) is 93.4 cm³/mol. The van der Waals surface area contributed by atoms with Crippen LogP contribution in [-0.2, 0) is 10.8 Å². The van der Waals surface area contributed by atoms with E-state index in [4.69, 9.17) is 5.73 Å². The average Bonchev–Trinajstić information content (AvgIpc) is 2.35. The van der Waals surface area contributed by atoms with Gasteiger partial charge in [0.1, 0.15) is 5.75 Å². The van der Waals surface area contributed by atoms with E-state index in [9.17, 15) is 10.2 Å². The Morgan fingerprint density at radius 3 is 1.73 bits per heavy atom. The summed E-state index contributed by atoms with van der Waals surface area (Å²) in [5, 5.41) is 20.9. The molecule has 1 aromatic carbocycles. The second kappa shape index (κ2) is 6.59. The average molecular weight is 307 g/mol. The van der Waals surface area contributed by atoms with E-state index in [1.54, 1.807) is 0 Å². The maximum absolute atomic E-state index is 10.7. The highest BCUT2D eigenvalue weighted by Gasteiger charge is 2.28. The van der Waals surface area contributed by atoms with Crippen molar-refractivity contribution in [1.29, 1.82) is 0 Å². The lowest BCUT2D eigenvalue weighted by atomic mass is 9.77. The van der Waals surface area contributed by atoms with Gasteiger partial charge >= 0.3 is 0 Å². The molecule has 1 rings (SSSR count). The van der Waals surface area contributed by atoms with E-state index >= 15 is 0 Å². The van der Waals surface area contributed by atoms with Crippen LogP contribution in [0.15, 0.2) is 12.1 Å². The van der Waals surface area contributed by atoms with Gasteiger partial charge in [0.2, 0.25) is 0 Å². The van der Waals surface area contributed by atoms with Crippen LogP contribution >= 0.6 is 0 Å². The van der Waals surface area contributed by atoms with E-state index < -0.39 is 12.1 Å². The van der Waals surface area contributed by atoms with E-state index in [-0.39, 0.29) is 10.8 Å². The van der Waals surface area contributed by atoms with Crippen LogP contribution in [0.25, 0.3) is 0 Å². The summed E-state index contributed by atoms with van der Waals surface area (Å²) in [5.41, 5.74) is 8.56. The number of phenols is 1. The normalized spacial score (nSPS) is 15.7. The zero-order valence-corrected chi connectivity index (χ0v) is 15.2. The third-order valence-electron chi connectivity index (χ3n) is 4.13. The van der Waals surface area contributed by atoms with Crippen LogP contribution in [-0.4, -0.2) is 16.3 Å². The fourth-order valence-corrected chi connectivity index (χ4v) is 2.69. The van der Waals surface area contributed by atoms with Crippen LogP contribution in [0, 0.1) is 0 Å². The molecule has 2 atom stereocenters. The molecule has 0 aliphatic carbocycles. The van der Waals surface area contributed by atoms with Gasteiger partial charge in [0.05, 0.1) is 12.1 Å². The van der Waals surface area contributed by atoms with Crippen molar-refractivity contribution < 1.29 is 10.2 Å². The first-order valence-corrected chi connectivity index (χ1v) is 8.21. The summed E-state index contributed by atoms with van der Waals surface area (Å²) in [6.45, 7) is 14.5. The maximum atomic E-state index is 10.7. The molecule has 1 aromatic rings. The van der Waals surface area contributed by atoms with Crippen LogP contribution in [0.2, 0.25) is 0 Å². The van der Waals surface area contributed by atoms with Gasteiger partial charge in [-0.15, -0.1) is 0 Å². The van der Waals surface area contributed by atoms with Gasteiger partial charge in [-0.05, 0) is 46.1 Å². The van der Waals surface area contributed by atoms with Crippen molar-refractivity contribution >= 4 is 0 Å². The highest BCUT2D eigenvalue weighted by molar-refractivity contribution is 5.50. The molecule has 0 aromatic heterocycles. The maximum Gasteiger partial charge on any atom is 0.123 e. The van der Waals surface area contributed by atoms with Crippen LogP contribution in [0.4, 0.5) is 0 Å². The topological polar surface area (TPSA) is 66.5 Å². The van der Waals surface area contributed by atoms with Crippen LogP contribution < -0.4 is 5.73 Å². The Bertz CT molecular complexity index is 474. The molecule has 22 heavy (non-hydrogen) atoms. The first-order valence-electron chi connectivity index (χ1n) is 8.21. The lowest BCUT2D eigenvalue weighted by Crippen LogP contribution is -2.27.